The second-order valence-corrected chi connectivity index (χ2v) is 6.22. The number of hydrogen-bond donors (Lipinski definition) is 1. The van der Waals surface area contributed by atoms with Crippen LogP contribution in [0.2, 0.25) is 0 Å². The van der Waals surface area contributed by atoms with E-state index < -0.39 is 0 Å². The van der Waals surface area contributed by atoms with Gasteiger partial charge in [-0.15, -0.1) is 0 Å². The van der Waals surface area contributed by atoms with Crippen LogP contribution >= 0.6 is 0 Å². The van der Waals surface area contributed by atoms with Gasteiger partial charge in [-0.05, 0) is 18.1 Å². The van der Waals surface area contributed by atoms with Gasteiger partial charge in [0.2, 0.25) is 0 Å². The van der Waals surface area contributed by atoms with Crippen molar-refractivity contribution in [2.75, 3.05) is 26.2 Å². The molecule has 1 atom stereocenters. The number of carbonyl (C=O) groups excluding carboxylic acids is 1. The summed E-state index contributed by atoms with van der Waals surface area (Å²) in [5.41, 5.74) is 2.65. The highest BCUT2D eigenvalue weighted by Crippen LogP contribution is 2.29. The van der Waals surface area contributed by atoms with E-state index in [2.05, 4.69) is 75.8 Å². The monoisotopic (exact) mass is 322 g/mol. The van der Waals surface area contributed by atoms with E-state index in [0.717, 1.165) is 26.2 Å². The molecule has 1 unspecified atom stereocenters. The van der Waals surface area contributed by atoms with E-state index in [4.69, 9.17) is 0 Å². The zero-order valence-electron chi connectivity index (χ0n) is 14.1. The largest absolute Gasteiger partial charge is 0.333 e. The first kappa shape index (κ1) is 16.7. The Morgan fingerprint density at radius 1 is 0.833 bits per heavy atom. The van der Waals surface area contributed by atoms with Gasteiger partial charge in [0, 0.05) is 26.2 Å². The molecule has 0 aliphatic carbocycles. The fraction of sp³-hybridized carbons (Fsp3) is 0.350. The summed E-state index contributed by atoms with van der Waals surface area (Å²) in [6.45, 7) is 5.82. The van der Waals surface area contributed by atoms with Crippen molar-refractivity contribution in [1.82, 2.24) is 15.1 Å². The highest BCUT2D eigenvalue weighted by atomic mass is 16.1. The molecule has 1 radical (unpaired) electrons. The molecule has 0 aromatic heterocycles. The van der Waals surface area contributed by atoms with Crippen molar-refractivity contribution in [2.45, 2.75) is 19.1 Å². The van der Waals surface area contributed by atoms with Gasteiger partial charge in [0.1, 0.15) is 0 Å². The molecule has 2 aromatic carbocycles. The lowest BCUT2D eigenvalue weighted by Crippen LogP contribution is -2.54. The minimum atomic E-state index is 0.0385. The second kappa shape index (κ2) is 8.08. The average molecular weight is 322 g/mol. The van der Waals surface area contributed by atoms with E-state index in [1.165, 1.54) is 11.1 Å². The molecule has 0 bridgehead atoms. The van der Waals surface area contributed by atoms with Crippen LogP contribution in [0.4, 0.5) is 0 Å². The Kier molecular flexibility index (Phi) is 5.62. The number of hydrogen-bond acceptors (Lipinski definition) is 3. The van der Waals surface area contributed by atoms with E-state index in [1.807, 2.05) is 6.92 Å². The normalized spacial score (nSPS) is 17.6. The molecule has 3 rings (SSSR count). The van der Waals surface area contributed by atoms with E-state index in [9.17, 15) is 4.79 Å². The molecule has 1 N–H and O–H groups in total. The fourth-order valence-electron chi connectivity index (χ4n) is 3.44. The summed E-state index contributed by atoms with van der Waals surface area (Å²) in [6, 6.07) is 21.6. The number of nitrogens with one attached hydrogen (secondary N) is 1. The number of amides is 1. The number of rotatable bonds is 6. The molecule has 1 aliphatic rings. The van der Waals surface area contributed by atoms with Crippen molar-refractivity contribution in [2.24, 2.45) is 0 Å². The van der Waals surface area contributed by atoms with Crippen LogP contribution in [0.5, 0.6) is 0 Å². The highest BCUT2D eigenvalue weighted by molar-refractivity contribution is 5.47. The van der Waals surface area contributed by atoms with E-state index >= 15 is 0 Å². The van der Waals surface area contributed by atoms with Gasteiger partial charge in [-0.3, -0.25) is 14.6 Å². The first-order valence-corrected chi connectivity index (χ1v) is 8.50. The smallest absolute Gasteiger partial charge is 0.310 e. The number of nitrogens with zero attached hydrogens (tertiary/aromatic N) is 2. The Bertz CT molecular complexity index is 584. The number of piperazine rings is 1. The summed E-state index contributed by atoms with van der Waals surface area (Å²) in [7, 11) is 0. The van der Waals surface area contributed by atoms with Gasteiger partial charge in [-0.25, -0.2) is 0 Å². The fourth-order valence-corrected chi connectivity index (χ4v) is 3.44. The minimum absolute atomic E-state index is 0.0385. The maximum Gasteiger partial charge on any atom is 0.310 e. The van der Waals surface area contributed by atoms with Gasteiger partial charge in [0.15, 0.2) is 0 Å². The third-order valence-electron chi connectivity index (χ3n) is 4.76. The lowest BCUT2D eigenvalue weighted by atomic mass is 9.96. The topological polar surface area (TPSA) is 35.6 Å². The molecule has 1 fully saturated rings. The molecule has 1 aliphatic heterocycles. The van der Waals surface area contributed by atoms with Crippen LogP contribution in [-0.2, 0) is 4.79 Å². The molecule has 4 heteroatoms. The molecule has 1 amide bonds. The molecule has 125 valence electrons. The van der Waals surface area contributed by atoms with E-state index in [1.54, 1.807) is 6.41 Å². The van der Waals surface area contributed by atoms with Crippen molar-refractivity contribution in [1.29, 1.82) is 0 Å². The maximum atomic E-state index is 10.5. The van der Waals surface area contributed by atoms with Crippen molar-refractivity contribution in [3.05, 3.63) is 71.8 Å². The molecular formula is C20H24N3O. The quantitative estimate of drug-likeness (QED) is 0.830. The number of benzene rings is 2. The van der Waals surface area contributed by atoms with E-state index in [-0.39, 0.29) is 12.2 Å². The van der Waals surface area contributed by atoms with Crippen LogP contribution in [0.25, 0.3) is 0 Å². The Hall–Kier alpha value is -2.17. The molecule has 0 spiro atoms. The van der Waals surface area contributed by atoms with E-state index in [0.29, 0.717) is 0 Å². The predicted molar refractivity (Wildman–Crippen MR) is 96.2 cm³/mol. The first-order valence-electron chi connectivity index (χ1n) is 8.50. The zero-order valence-corrected chi connectivity index (χ0v) is 14.1. The lowest BCUT2D eigenvalue weighted by Gasteiger charge is -2.41. The molecule has 2 aromatic rings. The van der Waals surface area contributed by atoms with Gasteiger partial charge >= 0.3 is 6.41 Å². The molecule has 0 saturated carbocycles. The minimum Gasteiger partial charge on any atom is -0.333 e. The standard InChI is InChI=1S/C20H24N3O/c1-17(21-16-24)22-12-14-23(15-13-22)20(18-8-4-2-5-9-18)19-10-6-3-7-11-19/h2-11,17,20H,12-15H2,1H3,(H,21,24). The Labute approximate surface area is 144 Å². The highest BCUT2D eigenvalue weighted by Gasteiger charge is 2.27. The summed E-state index contributed by atoms with van der Waals surface area (Å²) < 4.78 is 0. The predicted octanol–water partition coefficient (Wildman–Crippen LogP) is 2.40. The summed E-state index contributed by atoms with van der Waals surface area (Å²) in [5, 5.41) is 2.72. The first-order chi connectivity index (χ1) is 11.8. The summed E-state index contributed by atoms with van der Waals surface area (Å²) in [4.78, 5) is 15.3. The van der Waals surface area contributed by atoms with Crippen molar-refractivity contribution < 1.29 is 4.79 Å². The van der Waals surface area contributed by atoms with Crippen LogP contribution in [0, 0.1) is 0 Å². The third-order valence-corrected chi connectivity index (χ3v) is 4.76. The summed E-state index contributed by atoms with van der Waals surface area (Å²) in [5.74, 6) is 0. The van der Waals surface area contributed by atoms with Gasteiger partial charge < -0.3 is 5.32 Å². The third kappa shape index (κ3) is 3.83. The maximum absolute atomic E-state index is 10.5. The molecular weight excluding hydrogens is 298 g/mol. The van der Waals surface area contributed by atoms with Gasteiger partial charge in [0.25, 0.3) is 0 Å². The van der Waals surface area contributed by atoms with Crippen molar-refractivity contribution in [3.63, 3.8) is 0 Å². The Morgan fingerprint density at radius 2 is 1.29 bits per heavy atom. The van der Waals surface area contributed by atoms with Gasteiger partial charge in [-0.1, -0.05) is 60.7 Å². The van der Waals surface area contributed by atoms with Gasteiger partial charge in [-0.2, -0.15) is 0 Å². The summed E-state index contributed by atoms with van der Waals surface area (Å²) in [6.07, 6.45) is 1.83. The molecule has 24 heavy (non-hydrogen) atoms. The SMILES string of the molecule is CC(N[C]=O)N1CCN(C(c2ccccc2)c2ccccc2)CC1. The Morgan fingerprint density at radius 3 is 1.75 bits per heavy atom. The molecule has 1 heterocycles. The zero-order chi connectivity index (χ0) is 16.8. The average Bonchev–Trinajstić information content (AvgIpc) is 2.64. The van der Waals surface area contributed by atoms with Gasteiger partial charge in [0.05, 0.1) is 12.2 Å². The van der Waals surface area contributed by atoms with Crippen LogP contribution < -0.4 is 5.32 Å². The van der Waals surface area contributed by atoms with Crippen LogP contribution in [0.1, 0.15) is 24.1 Å². The van der Waals surface area contributed by atoms with Crippen LogP contribution in [0.15, 0.2) is 60.7 Å². The second-order valence-electron chi connectivity index (χ2n) is 6.22. The Balaban J connectivity index is 1.77. The molecule has 1 saturated heterocycles. The van der Waals surface area contributed by atoms with Crippen molar-refractivity contribution in [3.8, 4) is 0 Å². The van der Waals surface area contributed by atoms with Crippen molar-refractivity contribution >= 4 is 6.41 Å². The molecule has 4 nitrogen and oxygen atoms in total. The lowest BCUT2D eigenvalue weighted by molar-refractivity contribution is 0.0792. The van der Waals surface area contributed by atoms with Crippen LogP contribution in [-0.4, -0.2) is 48.6 Å². The summed E-state index contributed by atoms with van der Waals surface area (Å²) >= 11 is 0. The van der Waals surface area contributed by atoms with Crippen LogP contribution in [0.3, 0.4) is 0 Å².